The first kappa shape index (κ1) is 17.2. The van der Waals surface area contributed by atoms with Crippen LogP contribution in [0.15, 0.2) is 17.0 Å². The molecule has 0 saturated heterocycles. The Morgan fingerprint density at radius 2 is 1.83 bits per heavy atom. The highest BCUT2D eigenvalue weighted by atomic mass is 28.3. The smallest absolute Gasteiger partial charge is 0.313 e. The topological polar surface area (TPSA) is 26.3 Å². The van der Waals surface area contributed by atoms with E-state index in [1.807, 2.05) is 13.8 Å². The maximum Gasteiger partial charge on any atom is 0.313 e. The first-order valence-electron chi connectivity index (χ1n) is 6.64. The predicted octanol–water partition coefficient (Wildman–Crippen LogP) is 4.19. The predicted molar refractivity (Wildman–Crippen MR) is 80.2 cm³/mol. The Kier molecular flexibility index (Phi) is 6.11. The second-order valence-electron chi connectivity index (χ2n) is 6.79. The second kappa shape index (κ2) is 6.40. The number of esters is 1. The fraction of sp³-hybridized carbons (Fsp3) is 0.733. The first-order valence-corrected chi connectivity index (χ1v) is 10.1. The molecule has 104 valence electrons. The lowest BCUT2D eigenvalue weighted by Gasteiger charge is -2.24. The maximum absolute atomic E-state index is 11.9. The number of carbonyl (C=O) groups is 1. The van der Waals surface area contributed by atoms with E-state index in [1.54, 1.807) is 0 Å². The Balaban J connectivity index is 5.41. The van der Waals surface area contributed by atoms with Gasteiger partial charge in [0.05, 0.1) is 20.6 Å². The molecular weight excluding hydrogens is 240 g/mol. The van der Waals surface area contributed by atoms with E-state index in [-0.39, 0.29) is 17.3 Å². The lowest BCUT2D eigenvalue weighted by atomic mass is 9.97. The number of ether oxygens (including phenoxy) is 1. The molecule has 0 heterocycles. The van der Waals surface area contributed by atoms with Crippen molar-refractivity contribution in [2.75, 3.05) is 6.61 Å². The molecule has 0 unspecified atom stereocenters. The van der Waals surface area contributed by atoms with Crippen molar-refractivity contribution < 1.29 is 9.53 Å². The highest BCUT2D eigenvalue weighted by molar-refractivity contribution is 6.83. The number of rotatable bonds is 4. The molecule has 3 heteroatoms. The second-order valence-corrected chi connectivity index (χ2v) is 11.8. The molecule has 18 heavy (non-hydrogen) atoms. The zero-order valence-electron chi connectivity index (χ0n) is 13.2. The standard InChI is InChI=1S/C15H28O2Si/c1-9-17-14(16)12(2)13(18(6,7)8)10-11-15(3,4)5/h11-12H,9H2,1-8H3/t10?,12-/m0/s1. The zero-order chi connectivity index (χ0) is 14.6. The van der Waals surface area contributed by atoms with E-state index in [0.29, 0.717) is 6.61 Å². The van der Waals surface area contributed by atoms with E-state index in [2.05, 4.69) is 52.2 Å². The average Bonchev–Trinajstić information content (AvgIpc) is 2.13. The summed E-state index contributed by atoms with van der Waals surface area (Å²) in [6.07, 6.45) is 2.07. The summed E-state index contributed by atoms with van der Waals surface area (Å²) >= 11 is 0. The van der Waals surface area contributed by atoms with E-state index >= 15 is 0 Å². The largest absolute Gasteiger partial charge is 0.466 e. The molecule has 0 aromatic carbocycles. The van der Waals surface area contributed by atoms with Crippen molar-refractivity contribution in [1.29, 1.82) is 0 Å². The van der Waals surface area contributed by atoms with Gasteiger partial charge in [0.1, 0.15) is 0 Å². The minimum absolute atomic E-state index is 0.0826. The van der Waals surface area contributed by atoms with E-state index in [0.717, 1.165) is 5.20 Å². The molecule has 0 aromatic rings. The molecule has 0 bridgehead atoms. The molecule has 2 nitrogen and oxygen atoms in total. The Morgan fingerprint density at radius 3 is 2.17 bits per heavy atom. The Labute approximate surface area is 113 Å². The van der Waals surface area contributed by atoms with Crippen molar-refractivity contribution >= 4 is 14.0 Å². The molecule has 0 N–H and O–H groups in total. The lowest BCUT2D eigenvalue weighted by molar-refractivity contribution is -0.145. The summed E-state index contributed by atoms with van der Waals surface area (Å²) in [4.78, 5) is 11.9. The summed E-state index contributed by atoms with van der Waals surface area (Å²) < 4.78 is 5.12. The van der Waals surface area contributed by atoms with Crippen LogP contribution in [-0.2, 0) is 9.53 Å². The highest BCUT2D eigenvalue weighted by Crippen LogP contribution is 2.24. The summed E-state index contributed by atoms with van der Waals surface area (Å²) in [5.74, 6) is -0.319. The average molecular weight is 268 g/mol. The van der Waals surface area contributed by atoms with Gasteiger partial charge in [0, 0.05) is 0 Å². The third kappa shape index (κ3) is 6.22. The Hall–Kier alpha value is -0.793. The van der Waals surface area contributed by atoms with Crippen LogP contribution < -0.4 is 0 Å². The van der Waals surface area contributed by atoms with Gasteiger partial charge in [-0.25, -0.2) is 0 Å². The van der Waals surface area contributed by atoms with Crippen molar-refractivity contribution in [3.63, 3.8) is 0 Å². The van der Waals surface area contributed by atoms with E-state index in [9.17, 15) is 4.79 Å². The molecule has 0 fully saturated rings. The van der Waals surface area contributed by atoms with Crippen molar-refractivity contribution in [3.8, 4) is 0 Å². The molecule has 0 aliphatic heterocycles. The van der Waals surface area contributed by atoms with Crippen LogP contribution in [-0.4, -0.2) is 20.7 Å². The van der Waals surface area contributed by atoms with Gasteiger partial charge in [-0.2, -0.15) is 0 Å². The van der Waals surface area contributed by atoms with E-state index < -0.39 is 8.07 Å². The minimum atomic E-state index is -1.57. The molecule has 0 aliphatic carbocycles. The minimum Gasteiger partial charge on any atom is -0.466 e. The molecule has 0 spiro atoms. The van der Waals surface area contributed by atoms with Crippen LogP contribution in [0, 0.1) is 11.3 Å². The summed E-state index contributed by atoms with van der Waals surface area (Å²) in [5, 5.41) is 1.14. The van der Waals surface area contributed by atoms with Gasteiger partial charge < -0.3 is 4.74 Å². The van der Waals surface area contributed by atoms with Crippen molar-refractivity contribution in [3.05, 3.63) is 17.0 Å². The van der Waals surface area contributed by atoms with Gasteiger partial charge in [0.15, 0.2) is 0 Å². The zero-order valence-corrected chi connectivity index (χ0v) is 14.2. The molecule has 0 saturated carbocycles. The highest BCUT2D eigenvalue weighted by Gasteiger charge is 2.29. The summed E-state index contributed by atoms with van der Waals surface area (Å²) in [6, 6.07) is 0. The van der Waals surface area contributed by atoms with Gasteiger partial charge in [-0.15, -0.1) is 5.73 Å². The van der Waals surface area contributed by atoms with Gasteiger partial charge in [-0.3, -0.25) is 4.79 Å². The van der Waals surface area contributed by atoms with Crippen LogP contribution in [0.1, 0.15) is 34.6 Å². The van der Waals surface area contributed by atoms with E-state index in [4.69, 9.17) is 4.74 Å². The SMILES string of the molecule is CCOC(=O)[C@@H](C)C(=C=CC(C)(C)C)[Si](C)(C)C. The quantitative estimate of drug-likeness (QED) is 0.434. The van der Waals surface area contributed by atoms with Gasteiger partial charge in [-0.1, -0.05) is 40.4 Å². The number of hydrogen-bond donors (Lipinski definition) is 0. The van der Waals surface area contributed by atoms with Crippen LogP contribution in [0.5, 0.6) is 0 Å². The monoisotopic (exact) mass is 268 g/mol. The number of carbonyl (C=O) groups excluding carboxylic acids is 1. The summed E-state index contributed by atoms with van der Waals surface area (Å²) in [6.45, 7) is 17.3. The van der Waals surface area contributed by atoms with Gasteiger partial charge >= 0.3 is 5.97 Å². The fourth-order valence-corrected chi connectivity index (χ4v) is 3.59. The first-order chi connectivity index (χ1) is 7.99. The molecule has 1 atom stereocenters. The summed E-state index contributed by atoms with van der Waals surface area (Å²) in [7, 11) is -1.57. The van der Waals surface area contributed by atoms with Gasteiger partial charge in [0.2, 0.25) is 0 Å². The molecular formula is C15H28O2Si. The van der Waals surface area contributed by atoms with Crippen LogP contribution in [0.25, 0.3) is 0 Å². The fourth-order valence-electron chi connectivity index (χ4n) is 1.67. The molecule has 0 amide bonds. The molecule has 0 aliphatic rings. The molecule has 0 radical (unpaired) electrons. The van der Waals surface area contributed by atoms with Crippen LogP contribution in [0.4, 0.5) is 0 Å². The Morgan fingerprint density at radius 1 is 1.33 bits per heavy atom. The van der Waals surface area contributed by atoms with Crippen molar-refractivity contribution in [2.24, 2.45) is 11.3 Å². The Bertz CT molecular complexity index is 350. The van der Waals surface area contributed by atoms with Crippen LogP contribution in [0.3, 0.4) is 0 Å². The molecule has 0 aromatic heterocycles. The molecule has 0 rings (SSSR count). The van der Waals surface area contributed by atoms with Crippen molar-refractivity contribution in [1.82, 2.24) is 0 Å². The normalized spacial score (nSPS) is 13.6. The van der Waals surface area contributed by atoms with Gasteiger partial charge in [0.25, 0.3) is 0 Å². The van der Waals surface area contributed by atoms with Crippen LogP contribution >= 0.6 is 0 Å². The van der Waals surface area contributed by atoms with Crippen molar-refractivity contribution in [2.45, 2.75) is 54.3 Å². The van der Waals surface area contributed by atoms with Crippen LogP contribution in [0.2, 0.25) is 19.6 Å². The lowest BCUT2D eigenvalue weighted by Crippen LogP contribution is -2.32. The third-order valence-electron chi connectivity index (χ3n) is 2.54. The third-order valence-corrected chi connectivity index (χ3v) is 4.74. The van der Waals surface area contributed by atoms with Gasteiger partial charge in [-0.05, 0) is 30.5 Å². The summed E-state index contributed by atoms with van der Waals surface area (Å²) in [5.41, 5.74) is 3.47. The maximum atomic E-state index is 11.9. The number of hydrogen-bond acceptors (Lipinski definition) is 2. The van der Waals surface area contributed by atoms with E-state index in [1.165, 1.54) is 0 Å².